The van der Waals surface area contributed by atoms with E-state index < -0.39 is 5.91 Å². The minimum absolute atomic E-state index is 0.0789. The fraction of sp³-hybridized carbons (Fsp3) is 0.100. The van der Waals surface area contributed by atoms with Crippen molar-refractivity contribution in [1.29, 1.82) is 5.26 Å². The van der Waals surface area contributed by atoms with E-state index in [1.54, 1.807) is 6.08 Å². The number of nitriles is 1. The number of carbonyl (C=O) groups excluding carboxylic acids is 1. The van der Waals surface area contributed by atoms with E-state index in [9.17, 15) is 10.1 Å². The number of nitrogens with zero attached hydrogens (tertiary/aromatic N) is 1. The van der Waals surface area contributed by atoms with Gasteiger partial charge in [-0.1, -0.05) is 54.1 Å². The van der Waals surface area contributed by atoms with Gasteiger partial charge in [0.2, 0.25) is 0 Å². The van der Waals surface area contributed by atoms with Crippen LogP contribution in [0.4, 0.5) is 5.69 Å². The van der Waals surface area contributed by atoms with Crippen molar-refractivity contribution in [2.45, 2.75) is 13.8 Å². The third kappa shape index (κ3) is 4.98. The van der Waals surface area contributed by atoms with Crippen molar-refractivity contribution < 1.29 is 4.79 Å². The third-order valence-corrected chi connectivity index (χ3v) is 3.24. The lowest BCUT2D eigenvalue weighted by molar-refractivity contribution is -0.112. The van der Waals surface area contributed by atoms with Crippen LogP contribution in [-0.2, 0) is 4.79 Å². The maximum absolute atomic E-state index is 12.2. The van der Waals surface area contributed by atoms with Crippen molar-refractivity contribution in [3.8, 4) is 6.07 Å². The number of aryl methyl sites for hydroxylation is 1. The molecule has 0 unspecified atom stereocenters. The lowest BCUT2D eigenvalue weighted by Crippen LogP contribution is -2.13. The van der Waals surface area contributed by atoms with Crippen molar-refractivity contribution in [2.24, 2.45) is 0 Å². The Morgan fingerprint density at radius 1 is 1.09 bits per heavy atom. The van der Waals surface area contributed by atoms with Gasteiger partial charge >= 0.3 is 0 Å². The van der Waals surface area contributed by atoms with Gasteiger partial charge in [-0.3, -0.25) is 4.79 Å². The van der Waals surface area contributed by atoms with E-state index in [4.69, 9.17) is 0 Å². The Balaban J connectivity index is 2.15. The second kappa shape index (κ2) is 7.77. The van der Waals surface area contributed by atoms with Gasteiger partial charge < -0.3 is 5.32 Å². The number of hydrogen-bond donors (Lipinski definition) is 1. The van der Waals surface area contributed by atoms with Gasteiger partial charge in [0.05, 0.1) is 0 Å². The van der Waals surface area contributed by atoms with E-state index in [1.165, 1.54) is 0 Å². The Kier molecular flexibility index (Phi) is 5.49. The maximum Gasteiger partial charge on any atom is 0.266 e. The highest BCUT2D eigenvalue weighted by Crippen LogP contribution is 2.12. The van der Waals surface area contributed by atoms with Gasteiger partial charge in [-0.2, -0.15) is 5.26 Å². The molecule has 0 saturated heterocycles. The van der Waals surface area contributed by atoms with Crippen LogP contribution in [0.15, 0.2) is 71.8 Å². The van der Waals surface area contributed by atoms with Gasteiger partial charge in [0.15, 0.2) is 0 Å². The van der Waals surface area contributed by atoms with Crippen molar-refractivity contribution in [1.82, 2.24) is 0 Å². The van der Waals surface area contributed by atoms with Crippen LogP contribution in [-0.4, -0.2) is 5.91 Å². The number of rotatable bonds is 4. The molecule has 2 aromatic carbocycles. The fourth-order valence-electron chi connectivity index (χ4n) is 2.07. The molecular weight excluding hydrogens is 284 g/mol. The SMILES string of the molecule is CC(/C=C(/C#N)C(=O)Nc1ccc(C)cc1)=C\c1ccccc1. The summed E-state index contributed by atoms with van der Waals surface area (Å²) in [4.78, 5) is 12.2. The molecule has 2 aromatic rings. The normalized spacial score (nSPS) is 11.7. The van der Waals surface area contributed by atoms with E-state index >= 15 is 0 Å². The fourth-order valence-corrected chi connectivity index (χ4v) is 2.07. The van der Waals surface area contributed by atoms with Crippen LogP contribution in [0.1, 0.15) is 18.1 Å². The smallest absolute Gasteiger partial charge is 0.266 e. The lowest BCUT2D eigenvalue weighted by Gasteiger charge is -2.04. The predicted molar refractivity (Wildman–Crippen MR) is 93.6 cm³/mol. The van der Waals surface area contributed by atoms with Gasteiger partial charge in [-0.05, 0) is 43.2 Å². The summed E-state index contributed by atoms with van der Waals surface area (Å²) in [6, 6.07) is 19.2. The molecule has 0 aliphatic heterocycles. The molecule has 0 bridgehead atoms. The van der Waals surface area contributed by atoms with Gasteiger partial charge in [-0.25, -0.2) is 0 Å². The summed E-state index contributed by atoms with van der Waals surface area (Å²) in [5.74, 6) is -0.405. The zero-order chi connectivity index (χ0) is 16.7. The molecule has 1 amide bonds. The standard InChI is InChI=1S/C20H18N2O/c1-15-8-10-19(11-9-15)22-20(23)18(14-21)13-16(2)12-17-6-4-3-5-7-17/h3-13H,1-2H3,(H,22,23)/b16-12+,18-13-. The van der Waals surface area contributed by atoms with Gasteiger partial charge in [-0.15, -0.1) is 0 Å². The van der Waals surface area contributed by atoms with E-state index in [-0.39, 0.29) is 5.57 Å². The Hall–Kier alpha value is -3.12. The summed E-state index contributed by atoms with van der Waals surface area (Å²) in [7, 11) is 0. The Morgan fingerprint density at radius 2 is 1.74 bits per heavy atom. The molecule has 0 atom stereocenters. The molecule has 0 aliphatic carbocycles. The van der Waals surface area contributed by atoms with Crippen LogP contribution in [0.25, 0.3) is 6.08 Å². The molecule has 1 N–H and O–H groups in total. The number of nitrogens with one attached hydrogen (secondary N) is 1. The number of carbonyl (C=O) groups is 1. The molecule has 0 aliphatic rings. The molecule has 0 radical (unpaired) electrons. The maximum atomic E-state index is 12.2. The zero-order valence-corrected chi connectivity index (χ0v) is 13.2. The number of anilines is 1. The molecule has 0 aromatic heterocycles. The minimum atomic E-state index is -0.405. The quantitative estimate of drug-likeness (QED) is 0.514. The van der Waals surface area contributed by atoms with Gasteiger partial charge in [0, 0.05) is 5.69 Å². The van der Waals surface area contributed by atoms with Crippen LogP contribution in [0.3, 0.4) is 0 Å². The average Bonchev–Trinajstić information content (AvgIpc) is 2.55. The molecule has 0 saturated carbocycles. The van der Waals surface area contributed by atoms with Crippen molar-refractivity contribution >= 4 is 17.7 Å². The molecule has 0 heterocycles. The van der Waals surface area contributed by atoms with Gasteiger partial charge in [0.1, 0.15) is 11.6 Å². The summed E-state index contributed by atoms with van der Waals surface area (Å²) in [5.41, 5.74) is 3.73. The lowest BCUT2D eigenvalue weighted by atomic mass is 10.1. The van der Waals surface area contributed by atoms with Crippen molar-refractivity contribution in [3.05, 3.63) is 82.9 Å². The summed E-state index contributed by atoms with van der Waals surface area (Å²) in [6.45, 7) is 3.84. The van der Waals surface area contributed by atoms with Crippen LogP contribution >= 0.6 is 0 Å². The van der Waals surface area contributed by atoms with Crippen molar-refractivity contribution in [2.75, 3.05) is 5.32 Å². The molecule has 3 heteroatoms. The average molecular weight is 302 g/mol. The highest BCUT2D eigenvalue weighted by Gasteiger charge is 2.09. The molecule has 114 valence electrons. The number of benzene rings is 2. The molecule has 2 rings (SSSR count). The minimum Gasteiger partial charge on any atom is -0.321 e. The Labute approximate surface area is 136 Å². The first-order valence-electron chi connectivity index (χ1n) is 7.31. The first-order valence-corrected chi connectivity index (χ1v) is 7.31. The number of hydrogen-bond acceptors (Lipinski definition) is 2. The highest BCUT2D eigenvalue weighted by molar-refractivity contribution is 6.07. The van der Waals surface area contributed by atoms with E-state index in [0.29, 0.717) is 5.69 Å². The second-order valence-corrected chi connectivity index (χ2v) is 5.29. The largest absolute Gasteiger partial charge is 0.321 e. The first-order chi connectivity index (χ1) is 11.1. The number of amides is 1. The number of allylic oxidation sites excluding steroid dienone is 2. The molecule has 23 heavy (non-hydrogen) atoms. The van der Waals surface area contributed by atoms with Crippen LogP contribution < -0.4 is 5.32 Å². The predicted octanol–water partition coefficient (Wildman–Crippen LogP) is 4.49. The summed E-state index contributed by atoms with van der Waals surface area (Å²) < 4.78 is 0. The van der Waals surface area contributed by atoms with Gasteiger partial charge in [0.25, 0.3) is 5.91 Å². The Bertz CT molecular complexity index is 779. The molecular formula is C20H18N2O. The van der Waals surface area contributed by atoms with Crippen LogP contribution in [0.2, 0.25) is 0 Å². The monoisotopic (exact) mass is 302 g/mol. The highest BCUT2D eigenvalue weighted by atomic mass is 16.1. The van der Waals surface area contributed by atoms with E-state index in [0.717, 1.165) is 16.7 Å². The topological polar surface area (TPSA) is 52.9 Å². The molecule has 0 fully saturated rings. The Morgan fingerprint density at radius 3 is 2.35 bits per heavy atom. The van der Waals surface area contributed by atoms with Crippen LogP contribution in [0, 0.1) is 18.3 Å². The third-order valence-electron chi connectivity index (χ3n) is 3.24. The van der Waals surface area contributed by atoms with Crippen molar-refractivity contribution in [3.63, 3.8) is 0 Å². The van der Waals surface area contributed by atoms with Crippen LogP contribution in [0.5, 0.6) is 0 Å². The summed E-state index contributed by atoms with van der Waals surface area (Å²) >= 11 is 0. The molecule has 3 nitrogen and oxygen atoms in total. The zero-order valence-electron chi connectivity index (χ0n) is 13.2. The molecule has 0 spiro atoms. The van der Waals surface area contributed by atoms with E-state index in [1.807, 2.05) is 80.6 Å². The first kappa shape index (κ1) is 16.3. The summed E-state index contributed by atoms with van der Waals surface area (Å²) in [5, 5.41) is 12.0. The second-order valence-electron chi connectivity index (χ2n) is 5.29. The summed E-state index contributed by atoms with van der Waals surface area (Å²) in [6.07, 6.45) is 3.52. The van der Waals surface area contributed by atoms with E-state index in [2.05, 4.69) is 5.32 Å².